The zero-order valence-corrected chi connectivity index (χ0v) is 34.8. The number of nitrogens with two attached hydrogens (primary N) is 1. The monoisotopic (exact) mass is 747 g/mol. The van der Waals surface area contributed by atoms with E-state index < -0.39 is 20.0 Å². The first-order chi connectivity index (χ1) is 24.9. The quantitative estimate of drug-likeness (QED) is 0.0361. The van der Waals surface area contributed by atoms with E-state index in [4.69, 9.17) is 14.8 Å². The van der Waals surface area contributed by atoms with Gasteiger partial charge in [-0.2, -0.15) is 0 Å². The van der Waals surface area contributed by atoms with Crippen molar-refractivity contribution in [3.8, 4) is 0 Å². The van der Waals surface area contributed by atoms with E-state index in [9.17, 15) is 19.4 Å². The Morgan fingerprint density at radius 1 is 0.569 bits per heavy atom. The molecule has 51 heavy (non-hydrogen) atoms. The third kappa shape index (κ3) is 37.6. The van der Waals surface area contributed by atoms with Crippen LogP contribution >= 0.6 is 7.82 Å². The molecule has 5 N–H and O–H groups in total. The number of unbranched alkanes of at least 4 members (excludes halogenated alkanes) is 30. The number of aliphatic hydroxyl groups is 1. The summed E-state index contributed by atoms with van der Waals surface area (Å²) in [6.07, 6.45) is 41.3. The standard InChI is InChI=1S/C42H87N2O6P/c1-3-5-7-9-11-13-14-15-16-17-18-19-20-21-22-23-24-25-26-28-30-32-34-36-42(46)44-40(39-50-51(47,48)49-38-37-43)41(45)35-33-31-29-27-12-10-8-6-4-2/h40-41,45H,3-39,43H2,1-2H3,(H,44,46)(H,47,48)/t40-,41+/m0/s1. The molecule has 9 heteroatoms. The van der Waals surface area contributed by atoms with Gasteiger partial charge in [0.1, 0.15) is 0 Å². The molecule has 3 atom stereocenters. The van der Waals surface area contributed by atoms with Gasteiger partial charge in [0, 0.05) is 13.0 Å². The number of hydrogen-bond acceptors (Lipinski definition) is 6. The molecule has 0 aromatic rings. The first kappa shape index (κ1) is 50.5. The normalized spacial score (nSPS) is 14.1. The number of carbonyl (C=O) groups is 1. The molecule has 0 radical (unpaired) electrons. The number of nitrogens with one attached hydrogen (secondary N) is 1. The van der Waals surface area contributed by atoms with E-state index in [1.54, 1.807) is 0 Å². The summed E-state index contributed by atoms with van der Waals surface area (Å²) < 4.78 is 22.1. The number of aliphatic hydroxyl groups excluding tert-OH is 1. The zero-order chi connectivity index (χ0) is 37.5. The Labute approximate surface area is 316 Å². The van der Waals surface area contributed by atoms with Gasteiger partial charge in [-0.15, -0.1) is 0 Å². The van der Waals surface area contributed by atoms with Gasteiger partial charge in [0.25, 0.3) is 0 Å². The van der Waals surface area contributed by atoms with E-state index in [1.165, 1.54) is 167 Å². The summed E-state index contributed by atoms with van der Waals surface area (Å²) in [4.78, 5) is 22.7. The lowest BCUT2D eigenvalue weighted by Crippen LogP contribution is -2.46. The third-order valence-corrected chi connectivity index (χ3v) is 11.2. The molecule has 0 spiro atoms. The van der Waals surface area contributed by atoms with Gasteiger partial charge < -0.3 is 21.1 Å². The average molecular weight is 747 g/mol. The second-order valence-corrected chi connectivity index (χ2v) is 16.7. The Bertz CT molecular complexity index is 774. The van der Waals surface area contributed by atoms with Gasteiger partial charge in [-0.25, -0.2) is 4.57 Å². The molecule has 1 unspecified atom stereocenters. The summed E-state index contributed by atoms with van der Waals surface area (Å²) in [6, 6.07) is -0.766. The van der Waals surface area contributed by atoms with Crippen LogP contribution in [0.1, 0.15) is 232 Å². The van der Waals surface area contributed by atoms with E-state index in [0.717, 1.165) is 38.5 Å². The van der Waals surface area contributed by atoms with E-state index in [0.29, 0.717) is 12.8 Å². The molecule has 0 aromatic heterocycles. The van der Waals surface area contributed by atoms with Crippen LogP contribution in [0.15, 0.2) is 0 Å². The van der Waals surface area contributed by atoms with Crippen molar-refractivity contribution in [1.82, 2.24) is 5.32 Å². The molecule has 0 aromatic carbocycles. The van der Waals surface area contributed by atoms with Crippen LogP contribution < -0.4 is 11.1 Å². The van der Waals surface area contributed by atoms with Crippen LogP contribution in [-0.4, -0.2) is 47.8 Å². The molecule has 8 nitrogen and oxygen atoms in total. The topological polar surface area (TPSA) is 131 Å². The molecule has 306 valence electrons. The van der Waals surface area contributed by atoms with Crippen molar-refractivity contribution < 1.29 is 28.4 Å². The van der Waals surface area contributed by atoms with Crippen molar-refractivity contribution in [2.45, 2.75) is 244 Å². The molecular formula is C42H87N2O6P. The molecule has 0 saturated heterocycles. The maximum Gasteiger partial charge on any atom is 0.472 e. The summed E-state index contributed by atoms with van der Waals surface area (Å²) in [5.74, 6) is -0.158. The summed E-state index contributed by atoms with van der Waals surface area (Å²) in [6.45, 7) is 4.21. The minimum absolute atomic E-state index is 0.0921. The van der Waals surface area contributed by atoms with Gasteiger partial charge >= 0.3 is 7.82 Å². The van der Waals surface area contributed by atoms with Crippen LogP contribution in [0, 0.1) is 0 Å². The average Bonchev–Trinajstić information content (AvgIpc) is 3.12. The molecular weight excluding hydrogens is 659 g/mol. The SMILES string of the molecule is CCCCCCCCCCCCCCCCCCCCCCCCCC(=O)N[C@@H](COP(=O)(O)OCCN)[C@H](O)CCCCCCCCCCC. The fraction of sp³-hybridized carbons (Fsp3) is 0.976. The van der Waals surface area contributed by atoms with Gasteiger partial charge in [-0.3, -0.25) is 13.8 Å². The van der Waals surface area contributed by atoms with Crippen molar-refractivity contribution in [2.75, 3.05) is 19.8 Å². The van der Waals surface area contributed by atoms with Gasteiger partial charge in [-0.1, -0.05) is 213 Å². The van der Waals surface area contributed by atoms with Gasteiger partial charge in [0.05, 0.1) is 25.4 Å². The lowest BCUT2D eigenvalue weighted by Gasteiger charge is -2.25. The second kappa shape index (κ2) is 39.2. The van der Waals surface area contributed by atoms with E-state index in [-0.39, 0.29) is 25.7 Å². The summed E-state index contributed by atoms with van der Waals surface area (Å²) in [5.41, 5.74) is 5.37. The second-order valence-electron chi connectivity index (χ2n) is 15.3. The molecule has 0 aliphatic heterocycles. The van der Waals surface area contributed by atoms with E-state index >= 15 is 0 Å². The number of carbonyl (C=O) groups excluding carboxylic acids is 1. The zero-order valence-electron chi connectivity index (χ0n) is 33.9. The highest BCUT2D eigenvalue weighted by Gasteiger charge is 2.27. The Hall–Kier alpha value is -0.500. The molecule has 0 fully saturated rings. The summed E-state index contributed by atoms with van der Waals surface area (Å²) >= 11 is 0. The maximum atomic E-state index is 12.7. The number of amides is 1. The molecule has 0 aliphatic rings. The Morgan fingerprint density at radius 3 is 1.25 bits per heavy atom. The van der Waals surface area contributed by atoms with E-state index in [1.807, 2.05) is 0 Å². The highest BCUT2D eigenvalue weighted by Crippen LogP contribution is 2.43. The fourth-order valence-electron chi connectivity index (χ4n) is 6.84. The first-order valence-electron chi connectivity index (χ1n) is 22.2. The van der Waals surface area contributed by atoms with Crippen LogP contribution in [-0.2, 0) is 18.4 Å². The highest BCUT2D eigenvalue weighted by atomic mass is 31.2. The number of phosphoric ester groups is 1. The molecule has 0 bridgehead atoms. The summed E-state index contributed by atoms with van der Waals surface area (Å²) in [7, 11) is -4.30. The highest BCUT2D eigenvalue weighted by molar-refractivity contribution is 7.47. The number of phosphoric acid groups is 1. The van der Waals surface area contributed by atoms with Crippen LogP contribution in [0.25, 0.3) is 0 Å². The first-order valence-corrected chi connectivity index (χ1v) is 23.6. The van der Waals surface area contributed by atoms with Crippen molar-refractivity contribution in [1.29, 1.82) is 0 Å². The third-order valence-electron chi connectivity index (χ3n) is 10.2. The number of rotatable bonds is 42. The minimum atomic E-state index is -4.30. The Morgan fingerprint density at radius 2 is 0.902 bits per heavy atom. The molecule has 0 saturated carbocycles. The predicted octanol–water partition coefficient (Wildman–Crippen LogP) is 12.2. The smallest absolute Gasteiger partial charge is 0.391 e. The predicted molar refractivity (Wildman–Crippen MR) is 217 cm³/mol. The van der Waals surface area contributed by atoms with Crippen molar-refractivity contribution >= 4 is 13.7 Å². The Balaban J connectivity index is 3.93. The fourth-order valence-corrected chi connectivity index (χ4v) is 7.60. The molecule has 0 rings (SSSR count). The van der Waals surface area contributed by atoms with Gasteiger partial charge in [-0.05, 0) is 12.8 Å². The summed E-state index contributed by atoms with van der Waals surface area (Å²) in [5, 5.41) is 13.7. The lowest BCUT2D eigenvalue weighted by molar-refractivity contribution is -0.123. The molecule has 0 aliphatic carbocycles. The molecule has 0 heterocycles. The van der Waals surface area contributed by atoms with Crippen LogP contribution in [0.5, 0.6) is 0 Å². The van der Waals surface area contributed by atoms with Crippen LogP contribution in [0.2, 0.25) is 0 Å². The molecule has 1 amide bonds. The van der Waals surface area contributed by atoms with Crippen molar-refractivity contribution in [3.05, 3.63) is 0 Å². The van der Waals surface area contributed by atoms with Crippen LogP contribution in [0.4, 0.5) is 0 Å². The van der Waals surface area contributed by atoms with Gasteiger partial charge in [0.2, 0.25) is 5.91 Å². The van der Waals surface area contributed by atoms with E-state index in [2.05, 4.69) is 19.2 Å². The van der Waals surface area contributed by atoms with Gasteiger partial charge in [0.15, 0.2) is 0 Å². The minimum Gasteiger partial charge on any atom is -0.391 e. The lowest BCUT2D eigenvalue weighted by atomic mass is 10.0. The van der Waals surface area contributed by atoms with Crippen molar-refractivity contribution in [2.24, 2.45) is 5.73 Å². The number of hydrogen-bond donors (Lipinski definition) is 4. The largest absolute Gasteiger partial charge is 0.472 e. The van der Waals surface area contributed by atoms with Crippen LogP contribution in [0.3, 0.4) is 0 Å². The van der Waals surface area contributed by atoms with Crippen molar-refractivity contribution in [3.63, 3.8) is 0 Å². The Kier molecular flexibility index (Phi) is 38.8. The maximum absolute atomic E-state index is 12.7.